The summed E-state index contributed by atoms with van der Waals surface area (Å²) in [6.07, 6.45) is 8.67. The lowest BCUT2D eigenvalue weighted by Gasteiger charge is -2.14. The number of aromatic nitrogens is 5. The van der Waals surface area contributed by atoms with Gasteiger partial charge in [-0.05, 0) is 368 Å². The lowest BCUT2D eigenvalue weighted by Crippen LogP contribution is -2.31. The largest absolute Gasteiger partial charge is 0.213 e. The van der Waals surface area contributed by atoms with Crippen molar-refractivity contribution in [3.63, 3.8) is 0 Å². The van der Waals surface area contributed by atoms with Gasteiger partial charge in [-0.25, -0.2) is 22.8 Å². The number of aryl methyl sites for hydroxylation is 25. The molecule has 5 heterocycles. The van der Waals surface area contributed by atoms with E-state index in [1.165, 1.54) is 42.6 Å². The minimum atomic E-state index is -2.52. The molecule has 0 atom stereocenters. The van der Waals surface area contributed by atoms with Crippen molar-refractivity contribution < 1.29 is 76.3 Å². The van der Waals surface area contributed by atoms with E-state index in [0.29, 0.717) is 94.7 Å². The van der Waals surface area contributed by atoms with Crippen LogP contribution >= 0.6 is 0 Å². The van der Waals surface area contributed by atoms with Crippen LogP contribution in [-0.2, 0) is 35.2 Å². The number of hydrogen-bond donors (Lipinski definition) is 0. The zero-order valence-electron chi connectivity index (χ0n) is 122. The van der Waals surface area contributed by atoms with E-state index >= 15 is 0 Å². The average Bonchev–Trinajstić information content (AvgIpc) is 0.745. The summed E-state index contributed by atoms with van der Waals surface area (Å²) in [7, 11) is 9.23. The van der Waals surface area contributed by atoms with Gasteiger partial charge in [0.1, 0.15) is 35.2 Å². The molecule has 5 nitrogen and oxygen atoms in total. The highest BCUT2D eigenvalue weighted by atomic mass is 14.9. The van der Waals surface area contributed by atoms with Crippen molar-refractivity contribution in [1.82, 2.24) is 0 Å². The van der Waals surface area contributed by atoms with Gasteiger partial charge in [0.15, 0.2) is 31.0 Å². The molecule has 0 fully saturated rings. The average molecular weight is 1930 g/mol. The van der Waals surface area contributed by atoms with Crippen LogP contribution < -0.4 is 22.8 Å². The van der Waals surface area contributed by atoms with Gasteiger partial charge in [-0.2, -0.15) is 0 Å². The summed E-state index contributed by atoms with van der Waals surface area (Å²) < 4.78 is 323. The topological polar surface area (TPSA) is 19.4 Å². The molecular formula is C140H140N5+5. The molecule has 5 aromatic heterocycles. The van der Waals surface area contributed by atoms with Crippen LogP contribution in [0.4, 0.5) is 0 Å². The molecule has 0 spiro atoms. The van der Waals surface area contributed by atoms with Crippen LogP contribution in [0.2, 0.25) is 0 Å². The normalized spacial score (nSPS) is 16.0. The minimum Gasteiger partial charge on any atom is -0.201 e. The summed E-state index contributed by atoms with van der Waals surface area (Å²) in [6.45, 7) is -17.4. The van der Waals surface area contributed by atoms with Crippen molar-refractivity contribution >= 4 is 0 Å². The minimum absolute atomic E-state index is 0.00879. The second-order valence-corrected chi connectivity index (χ2v) is 36.7. The first kappa shape index (κ1) is 63.2. The lowest BCUT2D eigenvalue weighted by molar-refractivity contribution is -0.660. The van der Waals surface area contributed by atoms with Crippen LogP contribution in [0.1, 0.15) is 165 Å². The Bertz CT molecular complexity index is 9790. The first-order valence-corrected chi connectivity index (χ1v) is 47.7. The van der Waals surface area contributed by atoms with Gasteiger partial charge in [0.05, 0.1) is 0 Å². The zero-order valence-corrected chi connectivity index (χ0v) is 83.3. The number of rotatable bonds is 15. The van der Waals surface area contributed by atoms with Crippen LogP contribution in [-0.4, -0.2) is 0 Å². The second kappa shape index (κ2) is 45.1. The van der Waals surface area contributed by atoms with Crippen molar-refractivity contribution in [3.8, 4) is 168 Å². The molecule has 0 saturated heterocycles. The van der Waals surface area contributed by atoms with Gasteiger partial charge in [-0.1, -0.05) is 296 Å². The molecule has 0 aliphatic carbocycles. The predicted octanol–water partition coefficient (Wildman–Crippen LogP) is 33.7. The maximum atomic E-state index is 8.16. The van der Waals surface area contributed by atoms with Gasteiger partial charge >= 0.3 is 0 Å². The van der Waals surface area contributed by atoms with Gasteiger partial charge in [0.2, 0.25) is 28.5 Å². The fourth-order valence-corrected chi connectivity index (χ4v) is 18.5. The molecule has 0 radical (unpaired) electrons. The van der Waals surface area contributed by atoms with Gasteiger partial charge in [-0.15, -0.1) is 0 Å². The van der Waals surface area contributed by atoms with Crippen LogP contribution in [0, 0.1) is 138 Å². The molecule has 0 bridgehead atoms. The van der Waals surface area contributed by atoms with Gasteiger partial charge in [-0.3, -0.25) is 0 Å². The number of hydrogen-bond acceptors (Lipinski definition) is 0. The summed E-state index contributed by atoms with van der Waals surface area (Å²) in [5.41, 5.74) is 28.3. The third kappa shape index (κ3) is 23.1. The van der Waals surface area contributed by atoms with Crippen molar-refractivity contribution in [2.45, 2.75) is 138 Å². The molecule has 20 rings (SSSR count). The summed E-state index contributed by atoms with van der Waals surface area (Å²) in [5, 5.41) is 0. The SMILES string of the molecule is [2H]C([2H])([2H])c1ccccc1-c1ccc(C)c(-c2cc(-c3c(C([2H])([2H])[2H])cc(C)cc3C([2H])([2H])[2H])cc[n+]2C)c1.[2H]C([2H])([2H])c1ccccc1-c1ccc(C)c(-c2cc(-c3c(C([2H])([2H])[2H])cccc3C([2H])([2H])[2H])cc[n+]2C)c1.[2H]C([2H])([2H])c1ccccc1-c1ccc(C)c(-c2cc(-c3ccc(C)cc3C([2H])([2H])[2H])cc[n+]2C)c1.[2H]C([2H])([2H])c1ccccc1-c1ccc(C)c(-c2cc(-c3ccccc3)c(C([2H])([2H])[2H])c[n+]2C)c1.[2H]C([2H])([2H])c1ccccc1-c1ccc(C)c(-c2cc(-c3ccccc3C([2H])([2H])[2H])c(C([2H])([2H])[2H])c[n+]2C)c1. The van der Waals surface area contributed by atoms with Crippen LogP contribution in [0.25, 0.3) is 168 Å². The van der Waals surface area contributed by atoms with Gasteiger partial charge in [0, 0.05) is 141 Å². The summed E-state index contributed by atoms with van der Waals surface area (Å²) in [6, 6.07) is 107. The monoisotopic (exact) mass is 1930 g/mol. The predicted molar refractivity (Wildman–Crippen MR) is 614 cm³/mol. The summed E-state index contributed by atoms with van der Waals surface area (Å²) in [5.74, 6) is 0. The van der Waals surface area contributed by atoms with Crippen molar-refractivity contribution in [2.75, 3.05) is 0 Å². The third-order valence-corrected chi connectivity index (χ3v) is 26.5. The molecule has 15 aromatic carbocycles. The Morgan fingerprint density at radius 1 is 0.145 bits per heavy atom. The quantitative estimate of drug-likeness (QED) is 0.0912. The van der Waals surface area contributed by atoms with Crippen LogP contribution in [0.3, 0.4) is 0 Å². The molecule has 720 valence electrons. The Morgan fingerprint density at radius 3 is 0.759 bits per heavy atom. The highest BCUT2D eigenvalue weighted by Gasteiger charge is 2.26. The Hall–Kier alpha value is -16.0. The Morgan fingerprint density at radius 2 is 0.407 bits per heavy atom. The van der Waals surface area contributed by atoms with Gasteiger partial charge < -0.3 is 0 Å². The molecule has 5 heteroatoms. The Labute approximate surface area is 919 Å². The highest BCUT2D eigenvalue weighted by Crippen LogP contribution is 2.42. The number of benzene rings is 15. The summed E-state index contributed by atoms with van der Waals surface area (Å²) in [4.78, 5) is 0. The van der Waals surface area contributed by atoms with E-state index in [2.05, 4.69) is 0 Å². The van der Waals surface area contributed by atoms with Crippen molar-refractivity contribution in [2.24, 2.45) is 35.2 Å². The lowest BCUT2D eigenvalue weighted by atomic mass is 9.91. The van der Waals surface area contributed by atoms with E-state index in [0.717, 1.165) is 117 Å². The molecular weight excluding hydrogens is 1750 g/mol. The van der Waals surface area contributed by atoms with E-state index in [9.17, 15) is 0 Å². The van der Waals surface area contributed by atoms with E-state index < -0.39 is 89.1 Å². The first-order valence-electron chi connectivity index (χ1n) is 67.2. The molecule has 0 N–H and O–H groups in total. The van der Waals surface area contributed by atoms with Crippen LogP contribution in [0.15, 0.2) is 395 Å². The molecule has 0 aliphatic rings. The summed E-state index contributed by atoms with van der Waals surface area (Å²) >= 11 is 0. The zero-order chi connectivity index (χ0) is 135. The molecule has 20 aromatic rings. The standard InChI is InChI=1S/C29H30N.3C28H28N.C27H26N/c1-19-15-22(4)29(23(5)16-19)25-13-14-30(6)28(18-25)27-17-24(12-11-21(27)3)26-10-8-7-9-20(26)2;1-19-10-6-8-12-24(19)23-15-14-21(3)27(16-23)28-17-26(22(4)18-29(28)5)25-13-9-7-11-20(25)2;1-19-9-6-7-12-25(19)23-14-13-20(2)26(17-23)27-18-24(15-16-29(27)5)28-21(3)10-8-11-22(28)4;1-19-10-13-26(22(4)16-19)24-14-15-29(5)28(18-24)27-17-23(12-11-21(27)3)25-9-7-6-8-20(25)2;1-19-10-8-9-13-24(19)23-15-14-20(2)26(16-23)27-17-25(21(3)18-28(27)4)22-11-6-5-7-12-22/h7-18H,1-6H3;3*6-18H,1-5H3;5-18H,1-4H3/q5*+1/i2D3,4D3,5D3;1D3,2D3,4D3;1D3,3D3,4D3;2D3,4D3;1D3,3D3. The van der Waals surface area contributed by atoms with E-state index in [4.69, 9.17) is 53.5 Å². The van der Waals surface area contributed by atoms with Crippen molar-refractivity contribution in [3.05, 3.63) is 506 Å². The fraction of sp³-hybridized carbons (Fsp3) is 0.179. The smallest absolute Gasteiger partial charge is 0.201 e. The number of pyridine rings is 5. The maximum absolute atomic E-state index is 8.16. The molecule has 0 aliphatic heterocycles. The maximum Gasteiger partial charge on any atom is 0.213 e. The molecule has 0 unspecified atom stereocenters. The molecule has 0 saturated carbocycles. The third-order valence-electron chi connectivity index (χ3n) is 26.5. The van der Waals surface area contributed by atoms with Crippen molar-refractivity contribution in [1.29, 1.82) is 0 Å². The first-order chi connectivity index (χ1) is 85.5. The molecule has 0 amide bonds. The van der Waals surface area contributed by atoms with E-state index in [1.807, 2.05) is 270 Å². The Kier molecular flexibility index (Phi) is 19.6. The Balaban J connectivity index is 0.000000158. The fourth-order valence-electron chi connectivity index (χ4n) is 18.5. The highest BCUT2D eigenvalue weighted by molar-refractivity contribution is 5.85. The van der Waals surface area contributed by atoms with E-state index in [-0.39, 0.29) is 66.8 Å². The second-order valence-electron chi connectivity index (χ2n) is 36.7. The van der Waals surface area contributed by atoms with E-state index in [1.54, 1.807) is 189 Å². The van der Waals surface area contributed by atoms with Crippen LogP contribution in [0.5, 0.6) is 0 Å². The molecule has 145 heavy (non-hydrogen) atoms. The van der Waals surface area contributed by atoms with Gasteiger partial charge in [0.25, 0.3) is 0 Å². The number of nitrogens with zero attached hydrogens (tertiary/aromatic N) is 5.